The van der Waals surface area contributed by atoms with Crippen molar-refractivity contribution in [3.05, 3.63) is 41.2 Å². The van der Waals surface area contributed by atoms with Crippen LogP contribution in [0, 0.1) is 0 Å². The second-order valence-corrected chi connectivity index (χ2v) is 5.05. The zero-order chi connectivity index (χ0) is 17.5. The van der Waals surface area contributed by atoms with E-state index in [1.54, 1.807) is 0 Å². The lowest BCUT2D eigenvalue weighted by atomic mass is 10.2. The maximum absolute atomic E-state index is 12.8. The molecule has 126 valence electrons. The standard InChI is InChI=1S/C13H10F3N5O3/c14-13(15,16)12-19-18-9-6-20(3-4-21(9)12)10(22)7-1-2-17-8(5-7)11(23)24/h1-2,5H,3-4,6H2,(H,23,24). The smallest absolute Gasteiger partial charge is 0.451 e. The first-order valence-electron chi connectivity index (χ1n) is 6.75. The Bertz CT molecular complexity index is 817. The maximum atomic E-state index is 12.8. The summed E-state index contributed by atoms with van der Waals surface area (Å²) in [5, 5.41) is 15.5. The van der Waals surface area contributed by atoms with Gasteiger partial charge in [-0.1, -0.05) is 0 Å². The van der Waals surface area contributed by atoms with E-state index < -0.39 is 23.9 Å². The third kappa shape index (κ3) is 2.79. The molecule has 2 aromatic rings. The Balaban J connectivity index is 1.83. The number of aromatic carboxylic acids is 1. The maximum Gasteiger partial charge on any atom is 0.451 e. The third-order valence-electron chi connectivity index (χ3n) is 3.52. The van der Waals surface area contributed by atoms with Gasteiger partial charge in [-0.2, -0.15) is 13.2 Å². The number of fused-ring (bicyclic) bond motifs is 1. The fraction of sp³-hybridized carbons (Fsp3) is 0.308. The molecule has 1 aliphatic rings. The van der Waals surface area contributed by atoms with Gasteiger partial charge >= 0.3 is 12.1 Å². The number of pyridine rings is 1. The van der Waals surface area contributed by atoms with Crippen molar-refractivity contribution in [2.45, 2.75) is 19.3 Å². The molecule has 24 heavy (non-hydrogen) atoms. The number of amides is 1. The number of rotatable bonds is 2. The van der Waals surface area contributed by atoms with Gasteiger partial charge in [-0.3, -0.25) is 4.79 Å². The van der Waals surface area contributed by atoms with Crippen LogP contribution >= 0.6 is 0 Å². The molecule has 0 saturated heterocycles. The quantitative estimate of drug-likeness (QED) is 0.876. The second kappa shape index (κ2) is 5.58. The van der Waals surface area contributed by atoms with E-state index >= 15 is 0 Å². The molecule has 0 fully saturated rings. The second-order valence-electron chi connectivity index (χ2n) is 5.05. The van der Waals surface area contributed by atoms with E-state index in [2.05, 4.69) is 15.2 Å². The molecule has 0 saturated carbocycles. The van der Waals surface area contributed by atoms with E-state index in [-0.39, 0.29) is 36.7 Å². The van der Waals surface area contributed by atoms with E-state index in [0.717, 1.165) is 10.6 Å². The first kappa shape index (κ1) is 15.9. The number of carbonyl (C=O) groups excluding carboxylic acids is 1. The molecule has 1 aliphatic heterocycles. The summed E-state index contributed by atoms with van der Waals surface area (Å²) in [5.41, 5.74) is -0.202. The van der Waals surface area contributed by atoms with Crippen LogP contribution in [0.4, 0.5) is 13.2 Å². The number of carboxylic acids is 1. The number of halogens is 3. The Morgan fingerprint density at radius 1 is 1.21 bits per heavy atom. The molecule has 0 radical (unpaired) electrons. The summed E-state index contributed by atoms with van der Waals surface area (Å²) in [4.78, 5) is 28.2. The van der Waals surface area contributed by atoms with E-state index in [1.165, 1.54) is 17.2 Å². The number of aromatic nitrogens is 4. The fourth-order valence-corrected chi connectivity index (χ4v) is 2.40. The minimum atomic E-state index is -4.61. The Hall–Kier alpha value is -2.98. The number of hydrogen-bond acceptors (Lipinski definition) is 5. The van der Waals surface area contributed by atoms with Crippen molar-refractivity contribution in [2.24, 2.45) is 0 Å². The topological polar surface area (TPSA) is 101 Å². The molecule has 0 aromatic carbocycles. The van der Waals surface area contributed by atoms with Gasteiger partial charge in [-0.25, -0.2) is 9.78 Å². The van der Waals surface area contributed by atoms with Crippen molar-refractivity contribution < 1.29 is 27.9 Å². The Morgan fingerprint density at radius 2 is 1.96 bits per heavy atom. The normalized spacial score (nSPS) is 14.4. The van der Waals surface area contributed by atoms with Gasteiger partial charge in [-0.15, -0.1) is 10.2 Å². The Labute approximate surface area is 132 Å². The van der Waals surface area contributed by atoms with E-state index in [1.807, 2.05) is 0 Å². The van der Waals surface area contributed by atoms with Gasteiger partial charge in [0.25, 0.3) is 5.91 Å². The van der Waals surface area contributed by atoms with E-state index in [0.29, 0.717) is 0 Å². The highest BCUT2D eigenvalue weighted by Crippen LogP contribution is 2.29. The summed E-state index contributed by atoms with van der Waals surface area (Å²) >= 11 is 0. The van der Waals surface area contributed by atoms with Crippen molar-refractivity contribution in [3.63, 3.8) is 0 Å². The molecule has 3 rings (SSSR count). The van der Waals surface area contributed by atoms with Crippen LogP contribution in [0.15, 0.2) is 18.3 Å². The van der Waals surface area contributed by atoms with Gasteiger partial charge in [0, 0.05) is 24.8 Å². The first-order chi connectivity index (χ1) is 11.3. The van der Waals surface area contributed by atoms with Gasteiger partial charge in [0.1, 0.15) is 5.69 Å². The molecule has 1 amide bonds. The fourth-order valence-electron chi connectivity index (χ4n) is 2.40. The van der Waals surface area contributed by atoms with Crippen LogP contribution in [0.25, 0.3) is 0 Å². The summed E-state index contributed by atoms with van der Waals surface area (Å²) in [6.45, 7) is -0.218. The molecule has 0 atom stereocenters. The van der Waals surface area contributed by atoms with E-state index in [9.17, 15) is 22.8 Å². The van der Waals surface area contributed by atoms with Gasteiger partial charge in [0.2, 0.25) is 5.82 Å². The predicted molar refractivity (Wildman–Crippen MR) is 71.0 cm³/mol. The van der Waals surface area contributed by atoms with Gasteiger partial charge in [0.15, 0.2) is 5.82 Å². The molecule has 11 heteroatoms. The Kier molecular flexibility index (Phi) is 3.70. The van der Waals surface area contributed by atoms with Crippen molar-refractivity contribution >= 4 is 11.9 Å². The molecule has 8 nitrogen and oxygen atoms in total. The number of hydrogen-bond donors (Lipinski definition) is 1. The van der Waals surface area contributed by atoms with Crippen LogP contribution in [-0.4, -0.2) is 48.2 Å². The monoisotopic (exact) mass is 341 g/mol. The zero-order valence-electron chi connectivity index (χ0n) is 12.0. The molecular formula is C13H10F3N5O3. The van der Waals surface area contributed by atoms with Crippen LogP contribution in [0.1, 0.15) is 32.5 Å². The first-order valence-corrected chi connectivity index (χ1v) is 6.75. The predicted octanol–water partition coefficient (Wildman–Crippen LogP) is 1.05. The van der Waals surface area contributed by atoms with Crippen LogP contribution in [0.3, 0.4) is 0 Å². The summed E-state index contributed by atoms with van der Waals surface area (Å²) in [5.74, 6) is -2.86. The van der Waals surface area contributed by atoms with Crippen molar-refractivity contribution in [2.75, 3.05) is 6.54 Å². The molecule has 0 aliphatic carbocycles. The largest absolute Gasteiger partial charge is 0.477 e. The van der Waals surface area contributed by atoms with Gasteiger partial charge in [0.05, 0.1) is 6.54 Å². The van der Waals surface area contributed by atoms with Crippen LogP contribution in [0.2, 0.25) is 0 Å². The summed E-state index contributed by atoms with van der Waals surface area (Å²) in [6, 6.07) is 2.46. The summed E-state index contributed by atoms with van der Waals surface area (Å²) in [6.07, 6.45) is -3.43. The molecular weight excluding hydrogens is 331 g/mol. The van der Waals surface area contributed by atoms with Crippen LogP contribution in [0.5, 0.6) is 0 Å². The lowest BCUT2D eigenvalue weighted by molar-refractivity contribution is -0.147. The number of carboxylic acid groups (broad SMARTS) is 1. The number of nitrogens with zero attached hydrogens (tertiary/aromatic N) is 5. The van der Waals surface area contributed by atoms with Crippen molar-refractivity contribution in [3.8, 4) is 0 Å². The number of alkyl halides is 3. The lowest BCUT2D eigenvalue weighted by Gasteiger charge is -2.28. The molecule has 2 aromatic heterocycles. The number of carbonyl (C=O) groups is 2. The lowest BCUT2D eigenvalue weighted by Crippen LogP contribution is -2.39. The average molecular weight is 341 g/mol. The van der Waals surface area contributed by atoms with Crippen molar-refractivity contribution in [1.82, 2.24) is 24.6 Å². The van der Waals surface area contributed by atoms with Crippen LogP contribution < -0.4 is 0 Å². The SMILES string of the molecule is O=C(O)c1cc(C(=O)N2CCn3c(nnc3C(F)(F)F)C2)ccn1. The molecule has 1 N–H and O–H groups in total. The van der Waals surface area contributed by atoms with Gasteiger partial charge in [-0.05, 0) is 12.1 Å². The molecule has 0 spiro atoms. The van der Waals surface area contributed by atoms with Gasteiger partial charge < -0.3 is 14.6 Å². The minimum absolute atomic E-state index is 0.0226. The Morgan fingerprint density at radius 3 is 2.62 bits per heavy atom. The van der Waals surface area contributed by atoms with Crippen molar-refractivity contribution in [1.29, 1.82) is 0 Å². The summed E-state index contributed by atoms with van der Waals surface area (Å²) < 4.78 is 39.3. The highest BCUT2D eigenvalue weighted by atomic mass is 19.4. The van der Waals surface area contributed by atoms with E-state index in [4.69, 9.17) is 5.11 Å². The molecule has 0 bridgehead atoms. The highest BCUT2D eigenvalue weighted by Gasteiger charge is 2.40. The third-order valence-corrected chi connectivity index (χ3v) is 3.52. The average Bonchev–Trinajstić information content (AvgIpc) is 2.97. The highest BCUT2D eigenvalue weighted by molar-refractivity contribution is 5.96. The molecule has 0 unspecified atom stereocenters. The zero-order valence-corrected chi connectivity index (χ0v) is 12.0. The van der Waals surface area contributed by atoms with Crippen LogP contribution in [-0.2, 0) is 19.3 Å². The summed E-state index contributed by atoms with van der Waals surface area (Å²) in [7, 11) is 0. The minimum Gasteiger partial charge on any atom is -0.477 e. The molecule has 3 heterocycles.